The standard InChI is InChI=1S/C17H26N4O2.HI/c1-3-18-17(19-10-12-23-4-2)20-13-16(22)21-11-9-14-7-5-6-8-15(14)21;/h5-8H,3-4,9-13H2,1-2H3,(H2,18,19,20);1H. The average molecular weight is 446 g/mol. The first-order valence-electron chi connectivity index (χ1n) is 8.24. The Labute approximate surface area is 161 Å². The number of hydrogen-bond acceptors (Lipinski definition) is 3. The lowest BCUT2D eigenvalue weighted by atomic mass is 10.2. The van der Waals surface area contributed by atoms with Gasteiger partial charge in [0.2, 0.25) is 5.91 Å². The molecule has 0 aromatic heterocycles. The summed E-state index contributed by atoms with van der Waals surface area (Å²) in [6.07, 6.45) is 0.915. The topological polar surface area (TPSA) is 66.0 Å². The number of hydrogen-bond donors (Lipinski definition) is 2. The van der Waals surface area contributed by atoms with Gasteiger partial charge < -0.3 is 20.3 Å². The molecule has 0 saturated carbocycles. The molecule has 0 aliphatic carbocycles. The summed E-state index contributed by atoms with van der Waals surface area (Å²) in [5.74, 6) is 0.671. The van der Waals surface area contributed by atoms with E-state index in [1.807, 2.05) is 36.9 Å². The van der Waals surface area contributed by atoms with Crippen LogP contribution in [-0.4, -0.2) is 51.3 Å². The maximum atomic E-state index is 12.4. The lowest BCUT2D eigenvalue weighted by Crippen LogP contribution is -2.40. The zero-order valence-electron chi connectivity index (χ0n) is 14.4. The molecule has 7 heteroatoms. The second kappa shape index (κ2) is 11.2. The summed E-state index contributed by atoms with van der Waals surface area (Å²) < 4.78 is 5.29. The van der Waals surface area contributed by atoms with Gasteiger partial charge in [0, 0.05) is 31.9 Å². The molecule has 2 rings (SSSR count). The molecule has 1 amide bonds. The SMILES string of the molecule is CCNC(=NCC(=O)N1CCc2ccccc21)NCCOCC.I. The number of anilines is 1. The van der Waals surface area contributed by atoms with Gasteiger partial charge in [-0.15, -0.1) is 24.0 Å². The van der Waals surface area contributed by atoms with E-state index in [1.54, 1.807) is 0 Å². The van der Waals surface area contributed by atoms with Crippen molar-refractivity contribution in [2.24, 2.45) is 4.99 Å². The van der Waals surface area contributed by atoms with Crippen LogP contribution >= 0.6 is 24.0 Å². The van der Waals surface area contributed by atoms with E-state index in [1.165, 1.54) is 5.56 Å². The van der Waals surface area contributed by atoms with Crippen LogP contribution in [0.2, 0.25) is 0 Å². The van der Waals surface area contributed by atoms with E-state index < -0.39 is 0 Å². The highest BCUT2D eigenvalue weighted by molar-refractivity contribution is 14.0. The van der Waals surface area contributed by atoms with Crippen LogP contribution in [0.1, 0.15) is 19.4 Å². The monoisotopic (exact) mass is 446 g/mol. The maximum Gasteiger partial charge on any atom is 0.248 e. The molecule has 1 aromatic carbocycles. The van der Waals surface area contributed by atoms with E-state index >= 15 is 0 Å². The fraction of sp³-hybridized carbons (Fsp3) is 0.529. The van der Waals surface area contributed by atoms with Gasteiger partial charge in [-0.25, -0.2) is 4.99 Å². The van der Waals surface area contributed by atoms with Gasteiger partial charge in [0.25, 0.3) is 0 Å². The minimum atomic E-state index is 0. The molecule has 0 atom stereocenters. The first kappa shape index (κ1) is 20.7. The predicted octanol–water partition coefficient (Wildman–Crippen LogP) is 1.79. The second-order valence-electron chi connectivity index (χ2n) is 5.24. The average Bonchev–Trinajstić information content (AvgIpc) is 3.00. The highest BCUT2D eigenvalue weighted by atomic mass is 127. The molecule has 0 unspecified atom stereocenters. The number of nitrogens with zero attached hydrogens (tertiary/aromatic N) is 2. The Morgan fingerprint density at radius 3 is 2.83 bits per heavy atom. The zero-order valence-corrected chi connectivity index (χ0v) is 16.7. The molecule has 0 fully saturated rings. The molecule has 0 radical (unpaired) electrons. The molecular weight excluding hydrogens is 419 g/mol. The molecule has 1 aromatic rings. The predicted molar refractivity (Wildman–Crippen MR) is 108 cm³/mol. The third-order valence-electron chi connectivity index (χ3n) is 3.65. The Bertz CT molecular complexity index is 551. The van der Waals surface area contributed by atoms with Crippen LogP contribution in [0.3, 0.4) is 0 Å². The van der Waals surface area contributed by atoms with Crippen LogP contribution in [0.5, 0.6) is 0 Å². The Kier molecular flexibility index (Phi) is 9.70. The third-order valence-corrected chi connectivity index (χ3v) is 3.65. The number of carbonyl (C=O) groups excluding carboxylic acids is 1. The first-order valence-corrected chi connectivity index (χ1v) is 8.24. The first-order chi connectivity index (χ1) is 11.3. The quantitative estimate of drug-likeness (QED) is 0.290. The summed E-state index contributed by atoms with van der Waals surface area (Å²) in [5, 5.41) is 6.30. The van der Waals surface area contributed by atoms with Crippen LogP contribution in [0.15, 0.2) is 29.3 Å². The Morgan fingerprint density at radius 1 is 1.29 bits per heavy atom. The number of benzene rings is 1. The summed E-state index contributed by atoms with van der Waals surface area (Å²) in [5.41, 5.74) is 2.24. The van der Waals surface area contributed by atoms with Crippen molar-refractivity contribution >= 4 is 41.5 Å². The van der Waals surface area contributed by atoms with Crippen LogP contribution in [0.25, 0.3) is 0 Å². The number of aliphatic imine (C=N–C) groups is 1. The summed E-state index contributed by atoms with van der Waals surface area (Å²) in [4.78, 5) is 18.6. The zero-order chi connectivity index (χ0) is 16.5. The number of para-hydroxylation sites is 1. The van der Waals surface area contributed by atoms with Gasteiger partial charge >= 0.3 is 0 Å². The van der Waals surface area contributed by atoms with Crippen molar-refractivity contribution in [3.05, 3.63) is 29.8 Å². The van der Waals surface area contributed by atoms with Crippen molar-refractivity contribution in [1.82, 2.24) is 10.6 Å². The van der Waals surface area contributed by atoms with E-state index in [4.69, 9.17) is 4.74 Å². The molecule has 0 saturated heterocycles. The van der Waals surface area contributed by atoms with E-state index in [2.05, 4.69) is 21.7 Å². The van der Waals surface area contributed by atoms with Crippen molar-refractivity contribution < 1.29 is 9.53 Å². The van der Waals surface area contributed by atoms with Crippen molar-refractivity contribution in [3.63, 3.8) is 0 Å². The fourth-order valence-electron chi connectivity index (χ4n) is 2.56. The second-order valence-corrected chi connectivity index (χ2v) is 5.24. The molecular formula is C17H27IN4O2. The van der Waals surface area contributed by atoms with Crippen LogP contribution < -0.4 is 15.5 Å². The largest absolute Gasteiger partial charge is 0.380 e. The maximum absolute atomic E-state index is 12.4. The number of rotatable bonds is 7. The van der Waals surface area contributed by atoms with Crippen molar-refractivity contribution in [3.8, 4) is 0 Å². The van der Waals surface area contributed by atoms with Gasteiger partial charge in [0.15, 0.2) is 5.96 Å². The smallest absolute Gasteiger partial charge is 0.248 e. The van der Waals surface area contributed by atoms with Gasteiger partial charge in [-0.2, -0.15) is 0 Å². The van der Waals surface area contributed by atoms with Crippen LogP contribution in [-0.2, 0) is 16.0 Å². The molecule has 134 valence electrons. The lowest BCUT2D eigenvalue weighted by molar-refractivity contribution is -0.117. The van der Waals surface area contributed by atoms with Gasteiger partial charge in [0.05, 0.1) is 6.61 Å². The summed E-state index contributed by atoms with van der Waals surface area (Å²) in [6.45, 7) is 7.57. The van der Waals surface area contributed by atoms with Crippen LogP contribution in [0, 0.1) is 0 Å². The van der Waals surface area contributed by atoms with Gasteiger partial charge in [0.1, 0.15) is 6.54 Å². The number of guanidine groups is 1. The Balaban J connectivity index is 0.00000288. The molecule has 24 heavy (non-hydrogen) atoms. The number of amides is 1. The molecule has 0 bridgehead atoms. The number of carbonyl (C=O) groups is 1. The van der Waals surface area contributed by atoms with Crippen molar-refractivity contribution in [1.29, 1.82) is 0 Å². The molecule has 1 aliphatic rings. The summed E-state index contributed by atoms with van der Waals surface area (Å²) >= 11 is 0. The Hall–Kier alpha value is -1.35. The van der Waals surface area contributed by atoms with Crippen molar-refractivity contribution in [2.45, 2.75) is 20.3 Å². The summed E-state index contributed by atoms with van der Waals surface area (Å²) in [7, 11) is 0. The number of ether oxygens (including phenoxy) is 1. The highest BCUT2D eigenvalue weighted by Gasteiger charge is 2.23. The van der Waals surface area contributed by atoms with Crippen molar-refractivity contribution in [2.75, 3.05) is 44.3 Å². The molecule has 1 aliphatic heterocycles. The van der Waals surface area contributed by atoms with E-state index in [9.17, 15) is 4.79 Å². The molecule has 1 heterocycles. The summed E-state index contributed by atoms with van der Waals surface area (Å²) in [6, 6.07) is 8.05. The van der Waals surface area contributed by atoms with E-state index in [-0.39, 0.29) is 36.4 Å². The van der Waals surface area contributed by atoms with Gasteiger partial charge in [-0.1, -0.05) is 18.2 Å². The van der Waals surface area contributed by atoms with Crippen LogP contribution in [0.4, 0.5) is 5.69 Å². The fourth-order valence-corrected chi connectivity index (χ4v) is 2.56. The molecule has 2 N–H and O–H groups in total. The normalized spacial score (nSPS) is 13.2. The van der Waals surface area contributed by atoms with E-state index in [0.717, 1.165) is 25.2 Å². The molecule has 0 spiro atoms. The minimum Gasteiger partial charge on any atom is -0.380 e. The number of halogens is 1. The lowest BCUT2D eigenvalue weighted by Gasteiger charge is -2.17. The van der Waals surface area contributed by atoms with E-state index in [0.29, 0.717) is 25.7 Å². The number of fused-ring (bicyclic) bond motifs is 1. The Morgan fingerprint density at radius 2 is 2.08 bits per heavy atom. The third kappa shape index (κ3) is 5.94. The van der Waals surface area contributed by atoms with Gasteiger partial charge in [-0.3, -0.25) is 4.79 Å². The minimum absolute atomic E-state index is 0. The van der Waals surface area contributed by atoms with Gasteiger partial charge in [-0.05, 0) is 31.9 Å². The highest BCUT2D eigenvalue weighted by Crippen LogP contribution is 2.27. The molecule has 6 nitrogen and oxygen atoms in total. The number of nitrogens with one attached hydrogen (secondary N) is 2.